The molecular formula is C17H20BrF3N4. The smallest absolute Gasteiger partial charge is 0.338 e. The molecule has 0 amide bonds. The Balaban J connectivity index is 1.89. The summed E-state index contributed by atoms with van der Waals surface area (Å²) in [6.45, 7) is 8.03. The van der Waals surface area contributed by atoms with Gasteiger partial charge in [-0.05, 0) is 45.6 Å². The molecule has 0 aliphatic carbocycles. The first-order valence-electron chi connectivity index (χ1n) is 8.01. The van der Waals surface area contributed by atoms with Gasteiger partial charge in [-0.2, -0.15) is 18.3 Å². The number of aromatic nitrogens is 2. The molecule has 1 aromatic carbocycles. The zero-order valence-corrected chi connectivity index (χ0v) is 15.8. The lowest BCUT2D eigenvalue weighted by atomic mass is 9.84. The van der Waals surface area contributed by atoms with Crippen molar-refractivity contribution in [3.8, 4) is 0 Å². The lowest BCUT2D eigenvalue weighted by Gasteiger charge is -2.35. The molecule has 0 fully saturated rings. The maximum Gasteiger partial charge on any atom is 0.416 e. The lowest BCUT2D eigenvalue weighted by Crippen LogP contribution is -2.40. The predicted molar refractivity (Wildman–Crippen MR) is 94.9 cm³/mol. The maximum atomic E-state index is 12.7. The Morgan fingerprint density at radius 1 is 1.20 bits per heavy atom. The van der Waals surface area contributed by atoms with Gasteiger partial charge in [0.05, 0.1) is 28.3 Å². The molecule has 8 heteroatoms. The molecule has 0 saturated heterocycles. The molecule has 136 valence electrons. The van der Waals surface area contributed by atoms with Crippen LogP contribution in [0.2, 0.25) is 0 Å². The van der Waals surface area contributed by atoms with Gasteiger partial charge in [0.1, 0.15) is 0 Å². The Morgan fingerprint density at radius 3 is 2.40 bits per heavy atom. The van der Waals surface area contributed by atoms with Crippen LogP contribution in [0.25, 0.3) is 0 Å². The van der Waals surface area contributed by atoms with E-state index in [1.165, 1.54) is 12.1 Å². The van der Waals surface area contributed by atoms with Crippen LogP contribution in [0.15, 0.2) is 28.7 Å². The van der Waals surface area contributed by atoms with Gasteiger partial charge >= 0.3 is 6.18 Å². The summed E-state index contributed by atoms with van der Waals surface area (Å²) in [5, 5.41) is 11.2. The fraction of sp³-hybridized carbons (Fsp3) is 0.471. The zero-order chi connectivity index (χ0) is 18.4. The fourth-order valence-corrected chi connectivity index (χ4v) is 3.60. The highest BCUT2D eigenvalue weighted by Gasteiger charge is 2.35. The van der Waals surface area contributed by atoms with Crippen LogP contribution in [-0.4, -0.2) is 16.3 Å². The van der Waals surface area contributed by atoms with E-state index in [-0.39, 0.29) is 11.5 Å². The van der Waals surface area contributed by atoms with E-state index in [0.29, 0.717) is 11.5 Å². The average Bonchev–Trinajstić information content (AvgIpc) is 2.82. The minimum absolute atomic E-state index is 0.00630. The quantitative estimate of drug-likeness (QED) is 0.715. The molecule has 1 unspecified atom stereocenters. The summed E-state index contributed by atoms with van der Waals surface area (Å²) in [5.74, 6) is 0.604. The highest BCUT2D eigenvalue weighted by atomic mass is 79.9. The van der Waals surface area contributed by atoms with Crippen molar-refractivity contribution in [1.29, 1.82) is 0 Å². The molecule has 1 atom stereocenters. The summed E-state index contributed by atoms with van der Waals surface area (Å²) in [7, 11) is 0. The number of nitrogens with zero attached hydrogens (tertiary/aromatic N) is 2. The van der Waals surface area contributed by atoms with Crippen molar-refractivity contribution < 1.29 is 13.2 Å². The second kappa shape index (κ2) is 6.32. The van der Waals surface area contributed by atoms with Crippen molar-refractivity contribution >= 4 is 27.4 Å². The Labute approximate surface area is 152 Å². The third-order valence-corrected chi connectivity index (χ3v) is 5.00. The first-order valence-corrected chi connectivity index (χ1v) is 8.80. The molecule has 0 saturated carbocycles. The van der Waals surface area contributed by atoms with E-state index in [2.05, 4.69) is 52.4 Å². The number of rotatable bonds is 2. The van der Waals surface area contributed by atoms with Crippen molar-refractivity contribution in [2.45, 2.75) is 39.5 Å². The first kappa shape index (κ1) is 18.3. The molecule has 0 spiro atoms. The van der Waals surface area contributed by atoms with Crippen molar-refractivity contribution in [1.82, 2.24) is 15.1 Å². The Morgan fingerprint density at radius 2 is 1.84 bits per heavy atom. The molecule has 1 aliphatic heterocycles. The number of hydrogen-bond acceptors (Lipinski definition) is 3. The molecule has 1 aliphatic rings. The van der Waals surface area contributed by atoms with Gasteiger partial charge in [0.2, 0.25) is 0 Å². The standard InChI is InChI=1S/C17H20BrF3N4/c1-16(2,3)14-13-12(18)15(24-25(13)9-8-22-14)23-11-6-4-10(5-7-11)17(19,20)21/h4-7,14,22H,8-9H2,1-3H3,(H,23,24). The van der Waals surface area contributed by atoms with Crippen molar-refractivity contribution in [3.05, 3.63) is 40.0 Å². The second-order valence-electron chi connectivity index (χ2n) is 7.22. The third-order valence-electron chi connectivity index (χ3n) is 4.22. The van der Waals surface area contributed by atoms with Crippen LogP contribution in [0.3, 0.4) is 0 Å². The van der Waals surface area contributed by atoms with Gasteiger partial charge in [0, 0.05) is 12.2 Å². The Kier molecular flexibility index (Phi) is 4.61. The molecule has 4 nitrogen and oxygen atoms in total. The van der Waals surface area contributed by atoms with E-state index >= 15 is 0 Å². The molecule has 25 heavy (non-hydrogen) atoms. The monoisotopic (exact) mass is 416 g/mol. The molecule has 0 bridgehead atoms. The van der Waals surface area contributed by atoms with Crippen molar-refractivity contribution in [3.63, 3.8) is 0 Å². The van der Waals surface area contributed by atoms with Crippen LogP contribution >= 0.6 is 15.9 Å². The van der Waals surface area contributed by atoms with E-state index in [0.717, 1.165) is 35.4 Å². The van der Waals surface area contributed by atoms with E-state index in [1.54, 1.807) is 0 Å². The molecular weight excluding hydrogens is 397 g/mol. The SMILES string of the molecule is CC(C)(C)C1NCCn2nc(Nc3ccc(C(F)(F)F)cc3)c(Br)c21. The van der Waals surface area contributed by atoms with E-state index in [1.807, 2.05) is 4.68 Å². The predicted octanol–water partition coefficient (Wildman–Crippen LogP) is 5.10. The van der Waals surface area contributed by atoms with Gasteiger partial charge in [0.15, 0.2) is 5.82 Å². The fourth-order valence-electron chi connectivity index (χ4n) is 2.99. The van der Waals surface area contributed by atoms with E-state index in [4.69, 9.17) is 0 Å². The Bertz CT molecular complexity index is 760. The van der Waals surface area contributed by atoms with Gasteiger partial charge < -0.3 is 10.6 Å². The number of fused-ring (bicyclic) bond motifs is 1. The normalized spacial score (nSPS) is 18.1. The number of benzene rings is 1. The molecule has 0 radical (unpaired) electrons. The largest absolute Gasteiger partial charge is 0.416 e. The van der Waals surface area contributed by atoms with Crippen LogP contribution < -0.4 is 10.6 Å². The van der Waals surface area contributed by atoms with Crippen molar-refractivity contribution in [2.24, 2.45) is 5.41 Å². The first-order chi connectivity index (χ1) is 11.6. The van der Waals surface area contributed by atoms with Gasteiger partial charge in [0.25, 0.3) is 0 Å². The number of nitrogens with one attached hydrogen (secondary N) is 2. The number of alkyl halides is 3. The molecule has 2 aromatic rings. The number of halogens is 4. The molecule has 2 heterocycles. The minimum Gasteiger partial charge on any atom is -0.338 e. The summed E-state index contributed by atoms with van der Waals surface area (Å²) in [5.41, 5.74) is 0.947. The highest BCUT2D eigenvalue weighted by molar-refractivity contribution is 9.10. The summed E-state index contributed by atoms with van der Waals surface area (Å²) in [6.07, 6.45) is -4.34. The zero-order valence-electron chi connectivity index (χ0n) is 14.2. The maximum absolute atomic E-state index is 12.7. The third kappa shape index (κ3) is 3.69. The average molecular weight is 417 g/mol. The summed E-state index contributed by atoms with van der Waals surface area (Å²) in [6, 6.07) is 5.07. The summed E-state index contributed by atoms with van der Waals surface area (Å²) < 4.78 is 40.8. The van der Waals surface area contributed by atoms with Crippen LogP contribution in [0.1, 0.15) is 38.1 Å². The van der Waals surface area contributed by atoms with E-state index < -0.39 is 11.7 Å². The van der Waals surface area contributed by atoms with Crippen LogP contribution in [-0.2, 0) is 12.7 Å². The summed E-state index contributed by atoms with van der Waals surface area (Å²) in [4.78, 5) is 0. The number of hydrogen-bond donors (Lipinski definition) is 2. The summed E-state index contributed by atoms with van der Waals surface area (Å²) >= 11 is 3.61. The van der Waals surface area contributed by atoms with Gasteiger partial charge in [-0.25, -0.2) is 0 Å². The molecule has 1 aromatic heterocycles. The minimum atomic E-state index is -4.34. The van der Waals surface area contributed by atoms with E-state index in [9.17, 15) is 13.2 Å². The lowest BCUT2D eigenvalue weighted by molar-refractivity contribution is -0.137. The Hall–Kier alpha value is -1.54. The van der Waals surface area contributed by atoms with Crippen molar-refractivity contribution in [2.75, 3.05) is 11.9 Å². The van der Waals surface area contributed by atoms with Gasteiger partial charge in [-0.1, -0.05) is 20.8 Å². The van der Waals surface area contributed by atoms with Crippen LogP contribution in [0.4, 0.5) is 24.7 Å². The highest BCUT2D eigenvalue weighted by Crippen LogP contribution is 2.41. The van der Waals surface area contributed by atoms with Gasteiger partial charge in [-0.3, -0.25) is 4.68 Å². The molecule has 2 N–H and O–H groups in total. The van der Waals surface area contributed by atoms with Crippen LogP contribution in [0, 0.1) is 5.41 Å². The van der Waals surface area contributed by atoms with Gasteiger partial charge in [-0.15, -0.1) is 0 Å². The molecule has 3 rings (SSSR count). The second-order valence-corrected chi connectivity index (χ2v) is 8.02. The topological polar surface area (TPSA) is 41.9 Å². The number of anilines is 2. The van der Waals surface area contributed by atoms with Crippen LogP contribution in [0.5, 0.6) is 0 Å².